The zero-order valence-electron chi connectivity index (χ0n) is 17.7. The Morgan fingerprint density at radius 3 is 2.11 bits per heavy atom. The van der Waals surface area contributed by atoms with Crippen molar-refractivity contribution in [3.63, 3.8) is 0 Å². The third-order valence-electron chi connectivity index (χ3n) is 3.37. The summed E-state index contributed by atoms with van der Waals surface area (Å²) in [4.78, 5) is 19.8. The summed E-state index contributed by atoms with van der Waals surface area (Å²) < 4.78 is 10.1. The van der Waals surface area contributed by atoms with Crippen LogP contribution in [0.1, 0.15) is 64.9 Å². The Balaban J connectivity index is 0. The minimum Gasteiger partial charge on any atom is -0.493 e. The Labute approximate surface area is 169 Å². The van der Waals surface area contributed by atoms with Crippen molar-refractivity contribution >= 4 is 11.9 Å². The van der Waals surface area contributed by atoms with Crippen LogP contribution in [0.15, 0.2) is 30.9 Å². The summed E-state index contributed by atoms with van der Waals surface area (Å²) in [6.07, 6.45) is 10.1. The lowest BCUT2D eigenvalue weighted by atomic mass is 10.1. The van der Waals surface area contributed by atoms with Crippen molar-refractivity contribution in [1.29, 1.82) is 0 Å². The molecule has 6 nitrogen and oxygen atoms in total. The highest BCUT2D eigenvalue weighted by Gasteiger charge is 2.07. The molecule has 6 heteroatoms. The van der Waals surface area contributed by atoms with Gasteiger partial charge in [0, 0.05) is 20.5 Å². The van der Waals surface area contributed by atoms with Gasteiger partial charge in [-0.15, -0.1) is 6.58 Å². The Kier molecular flexibility index (Phi) is 19.3. The van der Waals surface area contributed by atoms with Gasteiger partial charge in [0.15, 0.2) is 11.5 Å². The maximum absolute atomic E-state index is 10.8. The van der Waals surface area contributed by atoms with E-state index >= 15 is 0 Å². The Morgan fingerprint density at radius 1 is 1.07 bits per heavy atom. The molecule has 0 atom stereocenters. The first kappa shape index (κ1) is 27.9. The minimum atomic E-state index is -0.833. The van der Waals surface area contributed by atoms with Gasteiger partial charge in [0.2, 0.25) is 0 Å². The maximum Gasteiger partial charge on any atom is 0.308 e. The molecule has 0 amide bonds. The van der Waals surface area contributed by atoms with Crippen molar-refractivity contribution in [2.24, 2.45) is 0 Å². The third kappa shape index (κ3) is 18.5. The van der Waals surface area contributed by atoms with E-state index in [0.717, 1.165) is 25.3 Å². The first-order chi connectivity index (χ1) is 13.3. The second kappa shape index (κ2) is 19.4. The summed E-state index contributed by atoms with van der Waals surface area (Å²) in [7, 11) is 1.54. The number of rotatable bonds is 10. The Hall–Kier alpha value is -2.34. The number of hydrogen-bond donors (Lipinski definition) is 2. The van der Waals surface area contributed by atoms with E-state index in [2.05, 4.69) is 13.5 Å². The quantitative estimate of drug-likeness (QED) is 0.256. The number of carboxylic acid groups (broad SMARTS) is 1. The SMILES string of the molecule is C=CCc1ccc(OC(C)=O)c(OC)c1.CC(=O)O.CCCCCCCCO. The van der Waals surface area contributed by atoms with Gasteiger partial charge in [-0.3, -0.25) is 9.59 Å². The molecule has 160 valence electrons. The summed E-state index contributed by atoms with van der Waals surface area (Å²) in [6, 6.07) is 5.43. The molecule has 0 aromatic heterocycles. The number of carbonyl (C=O) groups excluding carboxylic acids is 1. The van der Waals surface area contributed by atoms with E-state index in [0.29, 0.717) is 18.1 Å². The summed E-state index contributed by atoms with van der Waals surface area (Å²) in [5.74, 6) is -0.188. The average Bonchev–Trinajstić information content (AvgIpc) is 2.63. The molecule has 1 aromatic carbocycles. The zero-order chi connectivity index (χ0) is 21.8. The number of esters is 1. The second-order valence-corrected chi connectivity index (χ2v) is 6.08. The van der Waals surface area contributed by atoms with Crippen molar-refractivity contribution < 1.29 is 29.3 Å². The number of benzene rings is 1. The summed E-state index contributed by atoms with van der Waals surface area (Å²) in [5, 5.41) is 15.8. The molecular formula is C22H36O6. The van der Waals surface area contributed by atoms with Gasteiger partial charge >= 0.3 is 5.97 Å². The number of hydrogen-bond acceptors (Lipinski definition) is 5. The Morgan fingerprint density at radius 2 is 1.64 bits per heavy atom. The lowest BCUT2D eigenvalue weighted by molar-refractivity contribution is -0.134. The highest BCUT2D eigenvalue weighted by Crippen LogP contribution is 2.28. The highest BCUT2D eigenvalue weighted by molar-refractivity contribution is 5.70. The highest BCUT2D eigenvalue weighted by atomic mass is 16.6. The van der Waals surface area contributed by atoms with Crippen molar-refractivity contribution in [1.82, 2.24) is 0 Å². The van der Waals surface area contributed by atoms with Crippen LogP contribution in [0.3, 0.4) is 0 Å². The number of unbranched alkanes of at least 4 members (excludes halogenated alkanes) is 5. The fourth-order valence-corrected chi connectivity index (χ4v) is 2.14. The van der Waals surface area contributed by atoms with E-state index in [1.54, 1.807) is 19.3 Å². The fraction of sp³-hybridized carbons (Fsp3) is 0.545. The van der Waals surface area contributed by atoms with Gasteiger partial charge in [0.25, 0.3) is 5.97 Å². The second-order valence-electron chi connectivity index (χ2n) is 6.08. The van der Waals surface area contributed by atoms with Gasteiger partial charge in [0.1, 0.15) is 0 Å². The van der Waals surface area contributed by atoms with Crippen molar-refractivity contribution in [2.45, 2.75) is 65.7 Å². The number of ether oxygens (including phenoxy) is 2. The van der Waals surface area contributed by atoms with E-state index in [-0.39, 0.29) is 5.97 Å². The molecule has 0 bridgehead atoms. The summed E-state index contributed by atoms with van der Waals surface area (Å²) >= 11 is 0. The monoisotopic (exact) mass is 396 g/mol. The number of carboxylic acids is 1. The van der Waals surface area contributed by atoms with Crippen LogP contribution in [0.2, 0.25) is 0 Å². The molecule has 0 heterocycles. The van der Waals surface area contributed by atoms with Crippen LogP contribution in [-0.4, -0.2) is 35.9 Å². The topological polar surface area (TPSA) is 93.1 Å². The van der Waals surface area contributed by atoms with Gasteiger partial charge < -0.3 is 19.7 Å². The number of allylic oxidation sites excluding steroid dienone is 1. The van der Waals surface area contributed by atoms with Crippen LogP contribution in [0.25, 0.3) is 0 Å². The number of aliphatic hydroxyl groups excluding tert-OH is 1. The van der Waals surface area contributed by atoms with Crippen LogP contribution in [-0.2, 0) is 16.0 Å². The van der Waals surface area contributed by atoms with Gasteiger partial charge in [-0.25, -0.2) is 0 Å². The first-order valence-corrected chi connectivity index (χ1v) is 9.58. The van der Waals surface area contributed by atoms with Gasteiger partial charge in [-0.2, -0.15) is 0 Å². The number of aliphatic carboxylic acids is 1. The predicted octanol–water partition coefficient (Wildman–Crippen LogP) is 4.78. The smallest absolute Gasteiger partial charge is 0.308 e. The normalized spacial score (nSPS) is 9.18. The molecule has 0 fully saturated rings. The molecule has 0 saturated heterocycles. The summed E-state index contributed by atoms with van der Waals surface area (Å²) in [6.45, 7) is 8.68. The van der Waals surface area contributed by atoms with Crippen LogP contribution >= 0.6 is 0 Å². The first-order valence-electron chi connectivity index (χ1n) is 9.58. The lowest BCUT2D eigenvalue weighted by Gasteiger charge is -2.08. The van der Waals surface area contributed by atoms with E-state index < -0.39 is 5.97 Å². The standard InChI is InChI=1S/C12H14O3.C8H18O.C2H4O2/c1-4-5-10-6-7-11(15-9(2)13)12(8-10)14-3;1-2-3-4-5-6-7-8-9;1-2(3)4/h4,6-8H,1,5H2,2-3H3;9H,2-8H2,1H3;1H3,(H,3,4). The molecule has 0 aliphatic carbocycles. The number of aliphatic hydroxyl groups is 1. The minimum absolute atomic E-state index is 0.357. The zero-order valence-corrected chi connectivity index (χ0v) is 17.7. The molecule has 0 saturated carbocycles. The molecule has 2 N–H and O–H groups in total. The van der Waals surface area contributed by atoms with E-state index in [1.807, 2.05) is 12.1 Å². The third-order valence-corrected chi connectivity index (χ3v) is 3.37. The molecule has 1 rings (SSSR count). The van der Waals surface area contributed by atoms with E-state index in [9.17, 15) is 4.79 Å². The van der Waals surface area contributed by atoms with Crippen molar-refractivity contribution in [3.8, 4) is 11.5 Å². The molecule has 1 aromatic rings. The van der Waals surface area contributed by atoms with Crippen LogP contribution in [0, 0.1) is 0 Å². The van der Waals surface area contributed by atoms with Gasteiger partial charge in [-0.1, -0.05) is 51.2 Å². The summed E-state index contributed by atoms with van der Waals surface area (Å²) in [5.41, 5.74) is 1.07. The van der Waals surface area contributed by atoms with Gasteiger partial charge in [0.05, 0.1) is 7.11 Å². The van der Waals surface area contributed by atoms with Crippen LogP contribution in [0.5, 0.6) is 11.5 Å². The van der Waals surface area contributed by atoms with Crippen LogP contribution in [0.4, 0.5) is 0 Å². The van der Waals surface area contributed by atoms with Crippen molar-refractivity contribution in [3.05, 3.63) is 36.4 Å². The van der Waals surface area contributed by atoms with Crippen molar-refractivity contribution in [2.75, 3.05) is 13.7 Å². The average molecular weight is 397 g/mol. The molecule has 0 radical (unpaired) electrons. The molecule has 0 aliphatic rings. The molecular weight excluding hydrogens is 360 g/mol. The largest absolute Gasteiger partial charge is 0.493 e. The predicted molar refractivity (Wildman–Crippen MR) is 112 cm³/mol. The molecule has 0 spiro atoms. The Bertz CT molecular complexity index is 544. The maximum atomic E-state index is 10.8. The number of methoxy groups -OCH3 is 1. The van der Waals surface area contributed by atoms with E-state index in [1.165, 1.54) is 39.0 Å². The van der Waals surface area contributed by atoms with Crippen LogP contribution < -0.4 is 9.47 Å². The molecule has 0 unspecified atom stereocenters. The van der Waals surface area contributed by atoms with Gasteiger partial charge in [-0.05, 0) is 30.5 Å². The number of carbonyl (C=O) groups is 2. The fourth-order valence-electron chi connectivity index (χ4n) is 2.14. The van der Waals surface area contributed by atoms with E-state index in [4.69, 9.17) is 24.5 Å². The molecule has 0 aliphatic heterocycles. The molecule has 28 heavy (non-hydrogen) atoms. The lowest BCUT2D eigenvalue weighted by Crippen LogP contribution is -2.03.